The van der Waals surface area contributed by atoms with Crippen LogP contribution in [0.2, 0.25) is 5.02 Å². The van der Waals surface area contributed by atoms with E-state index in [4.69, 9.17) is 11.6 Å². The Balaban J connectivity index is 0.00000128. The molecule has 0 unspecified atom stereocenters. The van der Waals surface area contributed by atoms with E-state index < -0.39 is 0 Å². The van der Waals surface area contributed by atoms with Gasteiger partial charge in [-0.3, -0.25) is 9.98 Å². The van der Waals surface area contributed by atoms with E-state index in [1.165, 1.54) is 5.56 Å². The van der Waals surface area contributed by atoms with Crippen molar-refractivity contribution in [2.24, 2.45) is 9.98 Å². The van der Waals surface area contributed by atoms with Crippen LogP contribution in [0.3, 0.4) is 0 Å². The third-order valence-electron chi connectivity index (χ3n) is 2.66. The van der Waals surface area contributed by atoms with Gasteiger partial charge in [-0.1, -0.05) is 30.7 Å². The van der Waals surface area contributed by atoms with Crippen LogP contribution in [0.5, 0.6) is 0 Å². The lowest BCUT2D eigenvalue weighted by Crippen LogP contribution is -2.23. The number of halogens is 2. The Bertz CT molecular complexity index is 384. The van der Waals surface area contributed by atoms with Crippen LogP contribution in [-0.2, 0) is 6.42 Å². The molecule has 1 aromatic carbocycles. The van der Waals surface area contributed by atoms with Gasteiger partial charge >= 0.3 is 0 Å². The third kappa shape index (κ3) is 2.83. The summed E-state index contributed by atoms with van der Waals surface area (Å²) in [6, 6.07) is 7.87. The van der Waals surface area contributed by atoms with E-state index in [-0.39, 0.29) is 18.1 Å². The summed E-state index contributed by atoms with van der Waals surface area (Å²) in [5, 5.41) is 0.766. The summed E-state index contributed by atoms with van der Waals surface area (Å²) in [5.41, 5.74) is 0.950. The molecule has 1 aliphatic heterocycles. The molecule has 0 bridgehead atoms. The van der Waals surface area contributed by atoms with Gasteiger partial charge in [-0.15, -0.1) is 12.4 Å². The van der Waals surface area contributed by atoms with E-state index in [0.717, 1.165) is 17.9 Å². The Hall–Kier alpha value is -0.860. The van der Waals surface area contributed by atoms with Gasteiger partial charge < -0.3 is 0 Å². The number of hydrogen-bond acceptors (Lipinski definition) is 2. The molecule has 0 aliphatic carbocycles. The zero-order valence-electron chi connectivity index (χ0n) is 9.06. The normalized spacial score (nSPS) is 16.1. The van der Waals surface area contributed by atoms with Gasteiger partial charge in [0.1, 0.15) is 0 Å². The molecule has 1 aliphatic rings. The molecular formula is C12H14Cl2N2. The minimum Gasteiger partial charge on any atom is -0.261 e. The van der Waals surface area contributed by atoms with Gasteiger partial charge in [-0.05, 0) is 24.1 Å². The molecule has 16 heavy (non-hydrogen) atoms. The fourth-order valence-electron chi connectivity index (χ4n) is 1.71. The SMILES string of the molecule is CCC1(Cc2ccc(Cl)cc2)N=CC=N1.Cl. The molecule has 0 saturated carbocycles. The lowest BCUT2D eigenvalue weighted by Gasteiger charge is -2.21. The van der Waals surface area contributed by atoms with Gasteiger partial charge in [0, 0.05) is 23.9 Å². The highest BCUT2D eigenvalue weighted by molar-refractivity contribution is 6.30. The van der Waals surface area contributed by atoms with Crippen molar-refractivity contribution in [3.8, 4) is 0 Å². The zero-order valence-corrected chi connectivity index (χ0v) is 10.6. The predicted octanol–water partition coefficient (Wildman–Crippen LogP) is 3.57. The topological polar surface area (TPSA) is 24.7 Å². The van der Waals surface area contributed by atoms with E-state index in [9.17, 15) is 0 Å². The highest BCUT2D eigenvalue weighted by Gasteiger charge is 2.27. The number of rotatable bonds is 3. The second-order valence-corrected chi connectivity index (χ2v) is 4.13. The maximum Gasteiger partial charge on any atom is 0.153 e. The largest absolute Gasteiger partial charge is 0.261 e. The van der Waals surface area contributed by atoms with Crippen LogP contribution in [-0.4, -0.2) is 18.1 Å². The van der Waals surface area contributed by atoms with Gasteiger partial charge in [0.05, 0.1) is 0 Å². The maximum atomic E-state index is 5.84. The second-order valence-electron chi connectivity index (χ2n) is 3.70. The Morgan fingerprint density at radius 2 is 1.69 bits per heavy atom. The fraction of sp³-hybridized carbons (Fsp3) is 0.333. The number of hydrogen-bond donors (Lipinski definition) is 0. The highest BCUT2D eigenvalue weighted by Crippen LogP contribution is 2.25. The first-order valence-electron chi connectivity index (χ1n) is 5.08. The van der Waals surface area contributed by atoms with E-state index in [2.05, 4.69) is 16.9 Å². The van der Waals surface area contributed by atoms with E-state index in [1.807, 2.05) is 24.3 Å². The average Bonchev–Trinajstić information content (AvgIpc) is 2.71. The smallest absolute Gasteiger partial charge is 0.153 e. The van der Waals surface area contributed by atoms with Crippen LogP contribution in [0, 0.1) is 0 Å². The molecule has 0 N–H and O–H groups in total. The molecule has 0 saturated heterocycles. The van der Waals surface area contributed by atoms with Crippen molar-refractivity contribution < 1.29 is 0 Å². The minimum absolute atomic E-state index is 0. The molecule has 0 spiro atoms. The molecule has 0 fully saturated rings. The summed E-state index contributed by atoms with van der Waals surface area (Å²) in [7, 11) is 0. The Morgan fingerprint density at radius 3 is 2.19 bits per heavy atom. The lowest BCUT2D eigenvalue weighted by molar-refractivity contribution is 0.442. The van der Waals surface area contributed by atoms with Crippen molar-refractivity contribution in [1.82, 2.24) is 0 Å². The molecule has 0 aromatic heterocycles. The molecular weight excluding hydrogens is 243 g/mol. The summed E-state index contributed by atoms with van der Waals surface area (Å²) in [6.07, 6.45) is 5.31. The van der Waals surface area contributed by atoms with Crippen LogP contribution in [0.25, 0.3) is 0 Å². The zero-order chi connectivity index (χ0) is 10.7. The van der Waals surface area contributed by atoms with Crippen molar-refractivity contribution in [2.75, 3.05) is 0 Å². The first-order chi connectivity index (χ1) is 7.24. The Morgan fingerprint density at radius 1 is 1.12 bits per heavy atom. The van der Waals surface area contributed by atoms with Crippen molar-refractivity contribution >= 4 is 36.4 Å². The molecule has 1 aromatic rings. The number of nitrogens with zero attached hydrogens (tertiary/aromatic N) is 2. The average molecular weight is 257 g/mol. The van der Waals surface area contributed by atoms with E-state index in [1.54, 1.807) is 12.4 Å². The first-order valence-corrected chi connectivity index (χ1v) is 5.45. The molecule has 2 nitrogen and oxygen atoms in total. The molecule has 1 heterocycles. The van der Waals surface area contributed by atoms with Crippen LogP contribution in [0.15, 0.2) is 34.3 Å². The Kier molecular flexibility index (Phi) is 4.51. The quantitative estimate of drug-likeness (QED) is 0.790. The van der Waals surface area contributed by atoms with Gasteiger partial charge in [0.25, 0.3) is 0 Å². The molecule has 86 valence electrons. The van der Waals surface area contributed by atoms with Crippen molar-refractivity contribution in [3.63, 3.8) is 0 Å². The van der Waals surface area contributed by atoms with Crippen molar-refractivity contribution in [2.45, 2.75) is 25.4 Å². The molecule has 0 amide bonds. The van der Waals surface area contributed by atoms with Crippen molar-refractivity contribution in [3.05, 3.63) is 34.9 Å². The van der Waals surface area contributed by atoms with Gasteiger partial charge in [0.2, 0.25) is 0 Å². The Labute approximate surface area is 107 Å². The standard InChI is InChI=1S/C12H13ClN2.ClH/c1-2-12(14-7-8-15-12)9-10-3-5-11(13)6-4-10;/h3-8H,2,9H2,1H3;1H. The van der Waals surface area contributed by atoms with Gasteiger partial charge in [-0.25, -0.2) is 0 Å². The highest BCUT2D eigenvalue weighted by atomic mass is 35.5. The fourth-order valence-corrected chi connectivity index (χ4v) is 1.83. The summed E-state index contributed by atoms with van der Waals surface area (Å²) in [5.74, 6) is 0. The predicted molar refractivity (Wildman–Crippen MR) is 72.4 cm³/mol. The van der Waals surface area contributed by atoms with Crippen LogP contribution in [0.1, 0.15) is 18.9 Å². The monoisotopic (exact) mass is 256 g/mol. The van der Waals surface area contributed by atoms with E-state index in [0.29, 0.717) is 0 Å². The minimum atomic E-state index is -0.270. The summed E-state index contributed by atoms with van der Waals surface area (Å²) < 4.78 is 0. The van der Waals surface area contributed by atoms with Gasteiger partial charge in [0.15, 0.2) is 5.66 Å². The first kappa shape index (κ1) is 13.2. The van der Waals surface area contributed by atoms with Crippen LogP contribution >= 0.6 is 24.0 Å². The summed E-state index contributed by atoms with van der Waals surface area (Å²) in [6.45, 7) is 2.11. The number of benzene rings is 1. The molecule has 0 atom stereocenters. The van der Waals surface area contributed by atoms with Gasteiger partial charge in [-0.2, -0.15) is 0 Å². The lowest BCUT2D eigenvalue weighted by atomic mass is 9.98. The van der Waals surface area contributed by atoms with Crippen molar-refractivity contribution in [1.29, 1.82) is 0 Å². The summed E-state index contributed by atoms with van der Waals surface area (Å²) >= 11 is 5.84. The van der Waals surface area contributed by atoms with Crippen LogP contribution < -0.4 is 0 Å². The van der Waals surface area contributed by atoms with E-state index >= 15 is 0 Å². The molecule has 0 radical (unpaired) electrons. The molecule has 4 heteroatoms. The molecule has 2 rings (SSSR count). The third-order valence-corrected chi connectivity index (χ3v) is 2.92. The van der Waals surface area contributed by atoms with Crippen LogP contribution in [0.4, 0.5) is 0 Å². The summed E-state index contributed by atoms with van der Waals surface area (Å²) in [4.78, 5) is 8.85. The number of aliphatic imine (C=N–C) groups is 2. The maximum absolute atomic E-state index is 5.84. The second kappa shape index (κ2) is 5.46.